The lowest BCUT2D eigenvalue weighted by Gasteiger charge is -2.30. The number of morpholine rings is 1. The molecule has 4 rings (SSSR count). The minimum Gasteiger partial charge on any atom is -0.507 e. The summed E-state index contributed by atoms with van der Waals surface area (Å²) in [5, 5.41) is 11.3. The van der Waals surface area contributed by atoms with E-state index in [2.05, 4.69) is 9.88 Å². The Morgan fingerprint density at radius 2 is 1.94 bits per heavy atom. The molecule has 174 valence electrons. The van der Waals surface area contributed by atoms with Gasteiger partial charge in [-0.2, -0.15) is 0 Å². The number of aliphatic hydroxyl groups is 1. The number of ketones is 1. The zero-order valence-corrected chi connectivity index (χ0v) is 18.7. The van der Waals surface area contributed by atoms with Crippen LogP contribution in [0.3, 0.4) is 0 Å². The van der Waals surface area contributed by atoms with Crippen LogP contribution in [0.4, 0.5) is 0 Å². The maximum Gasteiger partial charge on any atom is 0.295 e. The zero-order valence-electron chi connectivity index (χ0n) is 18.7. The second-order valence-corrected chi connectivity index (χ2v) is 7.80. The number of aromatic nitrogens is 1. The Hall–Kier alpha value is -3.43. The average molecular weight is 453 g/mol. The summed E-state index contributed by atoms with van der Waals surface area (Å²) in [5.41, 5.74) is 0.963. The molecule has 0 aliphatic carbocycles. The molecule has 2 aromatic rings. The molecule has 33 heavy (non-hydrogen) atoms. The van der Waals surface area contributed by atoms with Gasteiger partial charge in [0.25, 0.3) is 11.7 Å². The molecule has 3 heterocycles. The van der Waals surface area contributed by atoms with Gasteiger partial charge in [0.1, 0.15) is 17.3 Å². The van der Waals surface area contributed by atoms with E-state index < -0.39 is 17.7 Å². The maximum absolute atomic E-state index is 13.2. The normalized spacial score (nSPS) is 20.8. The number of amides is 1. The highest BCUT2D eigenvalue weighted by Gasteiger charge is 2.46. The SMILES string of the molecule is COc1ccc(C(O)=C2C(=O)C(=O)N(CCN3CCOCC3)[C@H]2c2cccnc2)c(OC)c1. The molecule has 9 heteroatoms. The third kappa shape index (κ3) is 4.55. The number of methoxy groups -OCH3 is 2. The summed E-state index contributed by atoms with van der Waals surface area (Å²) in [4.78, 5) is 34.1. The topological polar surface area (TPSA) is 101 Å². The van der Waals surface area contributed by atoms with Gasteiger partial charge in [-0.15, -0.1) is 0 Å². The first kappa shape index (κ1) is 22.8. The van der Waals surface area contributed by atoms with E-state index in [1.165, 1.54) is 19.1 Å². The Bertz CT molecular complexity index is 1050. The minimum absolute atomic E-state index is 0.0124. The number of carbonyl (C=O) groups excluding carboxylic acids is 2. The van der Waals surface area contributed by atoms with Gasteiger partial charge in [0, 0.05) is 44.6 Å². The molecule has 0 unspecified atom stereocenters. The molecule has 1 aromatic carbocycles. The Kier molecular flexibility index (Phi) is 6.90. The molecular weight excluding hydrogens is 426 g/mol. The van der Waals surface area contributed by atoms with Crippen molar-refractivity contribution in [1.82, 2.24) is 14.8 Å². The molecule has 0 bridgehead atoms. The largest absolute Gasteiger partial charge is 0.507 e. The van der Waals surface area contributed by atoms with Crippen molar-refractivity contribution in [2.24, 2.45) is 0 Å². The number of nitrogens with zero attached hydrogens (tertiary/aromatic N) is 3. The van der Waals surface area contributed by atoms with E-state index in [9.17, 15) is 14.7 Å². The van der Waals surface area contributed by atoms with E-state index in [4.69, 9.17) is 14.2 Å². The average Bonchev–Trinajstić information content (AvgIpc) is 3.12. The second kappa shape index (κ2) is 10.0. The van der Waals surface area contributed by atoms with Crippen molar-refractivity contribution in [3.05, 3.63) is 59.4 Å². The first-order valence-electron chi connectivity index (χ1n) is 10.8. The van der Waals surface area contributed by atoms with Crippen LogP contribution in [0.15, 0.2) is 48.3 Å². The number of pyridine rings is 1. The van der Waals surface area contributed by atoms with Crippen LogP contribution in [-0.4, -0.2) is 85.2 Å². The van der Waals surface area contributed by atoms with Crippen LogP contribution in [0.2, 0.25) is 0 Å². The number of hydrogen-bond donors (Lipinski definition) is 1. The number of likely N-dealkylation sites (tertiary alicyclic amines) is 1. The highest BCUT2D eigenvalue weighted by molar-refractivity contribution is 6.46. The minimum atomic E-state index is -0.758. The van der Waals surface area contributed by atoms with E-state index >= 15 is 0 Å². The standard InChI is InChI=1S/C24H27N3O6/c1-31-17-5-6-18(19(14-17)32-2)22(28)20-21(16-4-3-7-25-15-16)27(24(30)23(20)29)9-8-26-10-12-33-13-11-26/h3-7,14-15,21,28H,8-13H2,1-2H3/t21-/m0/s1. The number of benzene rings is 1. The number of aliphatic hydroxyl groups excluding tert-OH is 1. The van der Waals surface area contributed by atoms with E-state index in [0.29, 0.717) is 48.9 Å². The van der Waals surface area contributed by atoms with Crippen molar-refractivity contribution >= 4 is 17.4 Å². The lowest BCUT2D eigenvalue weighted by molar-refractivity contribution is -0.140. The monoisotopic (exact) mass is 453 g/mol. The fourth-order valence-electron chi connectivity index (χ4n) is 4.21. The van der Waals surface area contributed by atoms with Gasteiger partial charge in [-0.3, -0.25) is 19.5 Å². The molecule has 2 aliphatic heterocycles. The number of ether oxygens (including phenoxy) is 3. The fraction of sp³-hybridized carbons (Fsp3) is 0.375. The molecule has 1 amide bonds. The third-order valence-corrected chi connectivity index (χ3v) is 5.96. The van der Waals surface area contributed by atoms with Crippen LogP contribution in [0.1, 0.15) is 17.2 Å². The summed E-state index contributed by atoms with van der Waals surface area (Å²) in [5.74, 6) is -0.808. The van der Waals surface area contributed by atoms with Crippen LogP contribution in [-0.2, 0) is 14.3 Å². The van der Waals surface area contributed by atoms with Crippen LogP contribution < -0.4 is 9.47 Å². The van der Waals surface area contributed by atoms with Gasteiger partial charge in [-0.05, 0) is 23.8 Å². The van der Waals surface area contributed by atoms with Gasteiger partial charge < -0.3 is 24.2 Å². The molecule has 1 N–H and O–H groups in total. The van der Waals surface area contributed by atoms with Crippen molar-refractivity contribution in [3.8, 4) is 11.5 Å². The van der Waals surface area contributed by atoms with Crippen molar-refractivity contribution < 1.29 is 28.9 Å². The summed E-state index contributed by atoms with van der Waals surface area (Å²) in [6.07, 6.45) is 3.23. The summed E-state index contributed by atoms with van der Waals surface area (Å²) >= 11 is 0. The third-order valence-electron chi connectivity index (χ3n) is 5.96. The zero-order chi connectivity index (χ0) is 23.4. The van der Waals surface area contributed by atoms with E-state index in [0.717, 1.165) is 13.1 Å². The van der Waals surface area contributed by atoms with Crippen LogP contribution >= 0.6 is 0 Å². The molecule has 0 spiro atoms. The van der Waals surface area contributed by atoms with Gasteiger partial charge in [0.15, 0.2) is 0 Å². The molecule has 0 saturated carbocycles. The molecule has 1 atom stereocenters. The number of Topliss-reactive ketones (excluding diaryl/α,β-unsaturated/α-hetero) is 1. The summed E-state index contributed by atoms with van der Waals surface area (Å²) in [6, 6.07) is 7.66. The van der Waals surface area contributed by atoms with Crippen molar-refractivity contribution in [2.45, 2.75) is 6.04 Å². The number of carbonyl (C=O) groups is 2. The highest BCUT2D eigenvalue weighted by atomic mass is 16.5. The first-order chi connectivity index (χ1) is 16.0. The van der Waals surface area contributed by atoms with Crippen molar-refractivity contribution in [3.63, 3.8) is 0 Å². The summed E-state index contributed by atoms with van der Waals surface area (Å²) in [7, 11) is 2.99. The van der Waals surface area contributed by atoms with Gasteiger partial charge in [-0.25, -0.2) is 0 Å². The van der Waals surface area contributed by atoms with Crippen molar-refractivity contribution in [1.29, 1.82) is 0 Å². The number of hydrogen-bond acceptors (Lipinski definition) is 8. The molecular formula is C24H27N3O6. The van der Waals surface area contributed by atoms with Gasteiger partial charge in [0.2, 0.25) is 0 Å². The quantitative estimate of drug-likeness (QED) is 0.385. The summed E-state index contributed by atoms with van der Waals surface area (Å²) < 4.78 is 16.0. The Labute approximate surface area is 192 Å². The molecule has 9 nitrogen and oxygen atoms in total. The number of rotatable bonds is 7. The Balaban J connectivity index is 1.75. The van der Waals surface area contributed by atoms with E-state index in [-0.39, 0.29) is 11.3 Å². The van der Waals surface area contributed by atoms with Crippen LogP contribution in [0.25, 0.3) is 5.76 Å². The first-order valence-corrected chi connectivity index (χ1v) is 10.8. The maximum atomic E-state index is 13.2. The van der Waals surface area contributed by atoms with Gasteiger partial charge in [-0.1, -0.05) is 6.07 Å². The smallest absolute Gasteiger partial charge is 0.295 e. The lowest BCUT2D eigenvalue weighted by atomic mass is 9.96. The lowest BCUT2D eigenvalue weighted by Crippen LogP contribution is -2.42. The van der Waals surface area contributed by atoms with Gasteiger partial charge >= 0.3 is 0 Å². The molecule has 2 saturated heterocycles. The second-order valence-electron chi connectivity index (χ2n) is 7.80. The molecule has 1 aromatic heterocycles. The molecule has 0 radical (unpaired) electrons. The summed E-state index contributed by atoms with van der Waals surface area (Å²) in [6.45, 7) is 3.75. The van der Waals surface area contributed by atoms with E-state index in [1.807, 2.05) is 0 Å². The Morgan fingerprint density at radius 3 is 2.61 bits per heavy atom. The Morgan fingerprint density at radius 1 is 1.15 bits per heavy atom. The highest BCUT2D eigenvalue weighted by Crippen LogP contribution is 2.41. The van der Waals surface area contributed by atoms with Crippen LogP contribution in [0.5, 0.6) is 11.5 Å². The van der Waals surface area contributed by atoms with Crippen LogP contribution in [0, 0.1) is 0 Å². The molecule has 2 aliphatic rings. The molecule has 2 fully saturated rings. The fourth-order valence-corrected chi connectivity index (χ4v) is 4.21. The van der Waals surface area contributed by atoms with Crippen molar-refractivity contribution in [2.75, 3.05) is 53.6 Å². The predicted octanol–water partition coefficient (Wildman–Crippen LogP) is 1.85. The predicted molar refractivity (Wildman–Crippen MR) is 120 cm³/mol. The van der Waals surface area contributed by atoms with E-state index in [1.54, 1.807) is 42.7 Å². The van der Waals surface area contributed by atoms with Gasteiger partial charge in [0.05, 0.1) is 44.6 Å².